The van der Waals surface area contributed by atoms with E-state index in [9.17, 15) is 13.2 Å². The summed E-state index contributed by atoms with van der Waals surface area (Å²) in [7, 11) is -1.52. The van der Waals surface area contributed by atoms with Crippen LogP contribution in [-0.4, -0.2) is 84.9 Å². The van der Waals surface area contributed by atoms with E-state index in [4.69, 9.17) is 4.52 Å². The summed E-state index contributed by atoms with van der Waals surface area (Å²) in [4.78, 5) is 20.7. The summed E-state index contributed by atoms with van der Waals surface area (Å²) in [5, 5.41) is 4.09. The predicted octanol–water partition coefficient (Wildman–Crippen LogP) is 1.95. The fourth-order valence-electron chi connectivity index (χ4n) is 4.07. The van der Waals surface area contributed by atoms with Gasteiger partial charge in [0.15, 0.2) is 0 Å². The Labute approximate surface area is 188 Å². The zero-order valence-electron chi connectivity index (χ0n) is 18.5. The van der Waals surface area contributed by atoms with Gasteiger partial charge < -0.3 is 14.3 Å². The van der Waals surface area contributed by atoms with Crippen LogP contribution in [0.5, 0.6) is 0 Å². The number of nitrogens with zero attached hydrogens (tertiary/aromatic N) is 5. The summed E-state index contributed by atoms with van der Waals surface area (Å²) < 4.78 is 32.8. The van der Waals surface area contributed by atoms with Gasteiger partial charge in [0.05, 0.1) is 4.90 Å². The normalized spacial score (nSPS) is 19.6. The molecule has 1 aromatic heterocycles. The molecule has 1 amide bonds. The molecule has 0 atom stereocenters. The van der Waals surface area contributed by atoms with E-state index in [-0.39, 0.29) is 16.7 Å². The zero-order valence-corrected chi connectivity index (χ0v) is 19.3. The molecule has 32 heavy (non-hydrogen) atoms. The lowest BCUT2D eigenvalue weighted by molar-refractivity contribution is -0.127. The number of amides is 1. The Kier molecular flexibility index (Phi) is 6.73. The molecular weight excluding hydrogens is 430 g/mol. The first-order chi connectivity index (χ1) is 15.4. The molecule has 0 aliphatic carbocycles. The van der Waals surface area contributed by atoms with Crippen LogP contribution in [0, 0.1) is 0 Å². The fourth-order valence-corrected chi connectivity index (χ4v) is 5.49. The molecule has 9 nitrogen and oxygen atoms in total. The number of sulfonamides is 1. The second-order valence-electron chi connectivity index (χ2n) is 8.29. The van der Waals surface area contributed by atoms with Gasteiger partial charge in [-0.1, -0.05) is 11.2 Å². The second-order valence-corrected chi connectivity index (χ2v) is 10.2. The molecule has 0 radical (unpaired) electrons. The van der Waals surface area contributed by atoms with E-state index in [0.29, 0.717) is 43.5 Å². The van der Waals surface area contributed by atoms with E-state index in [1.807, 2.05) is 18.9 Å². The Morgan fingerprint density at radius 1 is 1.06 bits per heavy atom. The SMILES string of the molecule is C/C=C/C(=O)N1CCC(c2nc(-c3ccc(S(=O)(=O)N4CCN(C)CC4)cc3)no2)CC1. The average Bonchev–Trinajstić information content (AvgIpc) is 3.30. The van der Waals surface area contributed by atoms with Crippen LogP contribution < -0.4 is 0 Å². The molecule has 2 aliphatic heterocycles. The van der Waals surface area contributed by atoms with Crippen molar-refractivity contribution in [1.82, 2.24) is 24.2 Å². The van der Waals surface area contributed by atoms with Gasteiger partial charge in [0.1, 0.15) is 0 Å². The van der Waals surface area contributed by atoms with Crippen LogP contribution in [0.25, 0.3) is 11.4 Å². The molecule has 0 saturated carbocycles. The average molecular weight is 460 g/mol. The van der Waals surface area contributed by atoms with Gasteiger partial charge in [-0.15, -0.1) is 0 Å². The van der Waals surface area contributed by atoms with Gasteiger partial charge in [-0.3, -0.25) is 4.79 Å². The standard InChI is InChI=1S/C22H29N5O4S/c1-3-4-20(28)26-11-9-18(10-12-26)22-23-21(24-31-22)17-5-7-19(8-6-17)32(29,30)27-15-13-25(2)14-16-27/h3-8,18H,9-16H2,1-2H3/b4-3+. The van der Waals surface area contributed by atoms with Crippen LogP contribution in [0.3, 0.4) is 0 Å². The number of piperidine rings is 1. The molecule has 0 bridgehead atoms. The highest BCUT2D eigenvalue weighted by molar-refractivity contribution is 7.89. The Hall–Kier alpha value is -2.56. The first kappa shape index (κ1) is 22.6. The summed E-state index contributed by atoms with van der Waals surface area (Å²) in [5.41, 5.74) is 0.707. The van der Waals surface area contributed by atoms with Crippen molar-refractivity contribution in [2.75, 3.05) is 46.3 Å². The van der Waals surface area contributed by atoms with Crippen molar-refractivity contribution in [3.05, 3.63) is 42.3 Å². The third kappa shape index (κ3) is 4.77. The number of likely N-dealkylation sites (N-methyl/N-ethyl adjacent to an activating group) is 1. The highest BCUT2D eigenvalue weighted by Crippen LogP contribution is 2.29. The van der Waals surface area contributed by atoms with Crippen molar-refractivity contribution in [3.63, 3.8) is 0 Å². The molecular formula is C22H29N5O4S. The van der Waals surface area contributed by atoms with Gasteiger partial charge in [-0.2, -0.15) is 9.29 Å². The molecule has 2 fully saturated rings. The number of piperazine rings is 1. The minimum Gasteiger partial charge on any atom is -0.339 e. The number of benzene rings is 1. The molecule has 4 rings (SSSR count). The molecule has 172 valence electrons. The van der Waals surface area contributed by atoms with E-state index >= 15 is 0 Å². The fraction of sp³-hybridized carbons (Fsp3) is 0.500. The lowest BCUT2D eigenvalue weighted by Crippen LogP contribution is -2.46. The number of carbonyl (C=O) groups is 1. The van der Waals surface area contributed by atoms with Crippen LogP contribution in [0.1, 0.15) is 31.6 Å². The smallest absolute Gasteiger partial charge is 0.246 e. The highest BCUT2D eigenvalue weighted by atomic mass is 32.2. The van der Waals surface area contributed by atoms with Crippen molar-refractivity contribution in [1.29, 1.82) is 0 Å². The molecule has 1 aromatic carbocycles. The van der Waals surface area contributed by atoms with Crippen LogP contribution in [0.2, 0.25) is 0 Å². The maximum absolute atomic E-state index is 12.9. The second kappa shape index (κ2) is 9.51. The summed E-state index contributed by atoms with van der Waals surface area (Å²) in [6.45, 7) is 5.59. The van der Waals surface area contributed by atoms with Crippen molar-refractivity contribution < 1.29 is 17.7 Å². The molecule has 2 aliphatic rings. The van der Waals surface area contributed by atoms with E-state index in [0.717, 1.165) is 25.9 Å². The highest BCUT2D eigenvalue weighted by Gasteiger charge is 2.29. The minimum absolute atomic E-state index is 0.0313. The summed E-state index contributed by atoms with van der Waals surface area (Å²) in [6, 6.07) is 6.64. The minimum atomic E-state index is -3.51. The molecule has 2 saturated heterocycles. The van der Waals surface area contributed by atoms with Crippen molar-refractivity contribution in [3.8, 4) is 11.4 Å². The van der Waals surface area contributed by atoms with E-state index in [1.54, 1.807) is 36.4 Å². The first-order valence-corrected chi connectivity index (χ1v) is 12.4. The summed E-state index contributed by atoms with van der Waals surface area (Å²) in [5.74, 6) is 1.15. The van der Waals surface area contributed by atoms with E-state index in [2.05, 4.69) is 15.0 Å². The van der Waals surface area contributed by atoms with Crippen LogP contribution in [0.15, 0.2) is 45.8 Å². The molecule has 10 heteroatoms. The Morgan fingerprint density at radius 2 is 1.72 bits per heavy atom. The van der Waals surface area contributed by atoms with E-state index < -0.39 is 10.0 Å². The lowest BCUT2D eigenvalue weighted by atomic mass is 9.96. The number of allylic oxidation sites excluding steroid dienone is 1. The Balaban J connectivity index is 1.41. The molecule has 0 spiro atoms. The monoisotopic (exact) mass is 459 g/mol. The van der Waals surface area contributed by atoms with Gasteiger partial charge in [-0.25, -0.2) is 8.42 Å². The van der Waals surface area contributed by atoms with E-state index in [1.165, 1.54) is 4.31 Å². The van der Waals surface area contributed by atoms with Gasteiger partial charge in [0.2, 0.25) is 27.6 Å². The largest absolute Gasteiger partial charge is 0.339 e. The quantitative estimate of drug-likeness (QED) is 0.630. The topological polar surface area (TPSA) is 99.8 Å². The third-order valence-corrected chi connectivity index (χ3v) is 8.03. The Bertz CT molecular complexity index is 1060. The number of hydrogen-bond donors (Lipinski definition) is 0. The molecule has 0 unspecified atom stereocenters. The number of likely N-dealkylation sites (tertiary alicyclic amines) is 1. The summed E-state index contributed by atoms with van der Waals surface area (Å²) >= 11 is 0. The van der Waals surface area contributed by atoms with Crippen molar-refractivity contribution in [2.45, 2.75) is 30.6 Å². The van der Waals surface area contributed by atoms with Crippen molar-refractivity contribution in [2.24, 2.45) is 0 Å². The van der Waals surface area contributed by atoms with Gasteiger partial charge >= 0.3 is 0 Å². The molecule has 2 aromatic rings. The number of rotatable bonds is 5. The van der Waals surface area contributed by atoms with Crippen LogP contribution in [0.4, 0.5) is 0 Å². The third-order valence-electron chi connectivity index (χ3n) is 6.12. The summed E-state index contributed by atoms with van der Waals surface area (Å²) in [6.07, 6.45) is 4.87. The maximum Gasteiger partial charge on any atom is 0.246 e. The van der Waals surface area contributed by atoms with Crippen LogP contribution >= 0.6 is 0 Å². The van der Waals surface area contributed by atoms with Gasteiger partial charge in [0.25, 0.3) is 0 Å². The first-order valence-electron chi connectivity index (χ1n) is 10.9. The lowest BCUT2D eigenvalue weighted by Gasteiger charge is -2.31. The predicted molar refractivity (Wildman–Crippen MR) is 119 cm³/mol. The van der Waals surface area contributed by atoms with Gasteiger partial charge in [0, 0.05) is 50.7 Å². The van der Waals surface area contributed by atoms with Crippen LogP contribution in [-0.2, 0) is 14.8 Å². The number of hydrogen-bond acceptors (Lipinski definition) is 7. The molecule has 0 N–H and O–H groups in total. The van der Waals surface area contributed by atoms with Crippen molar-refractivity contribution >= 4 is 15.9 Å². The number of carbonyl (C=O) groups excluding carboxylic acids is 1. The maximum atomic E-state index is 12.9. The number of aromatic nitrogens is 2. The molecule has 3 heterocycles. The Morgan fingerprint density at radius 3 is 2.34 bits per heavy atom. The van der Waals surface area contributed by atoms with Gasteiger partial charge in [-0.05, 0) is 57.2 Å². The zero-order chi connectivity index (χ0) is 22.7.